The normalized spacial score (nSPS) is 13.0. The van der Waals surface area contributed by atoms with E-state index in [9.17, 15) is 26.3 Å². The summed E-state index contributed by atoms with van der Waals surface area (Å²) in [5.41, 5.74) is 4.25. The Hall–Kier alpha value is -1.44. The maximum atomic E-state index is 12.8. The molecule has 1 aromatic carbocycles. The third-order valence-corrected chi connectivity index (χ3v) is 2.66. The van der Waals surface area contributed by atoms with Crippen molar-refractivity contribution in [3.63, 3.8) is 0 Å². The van der Waals surface area contributed by atoms with E-state index >= 15 is 0 Å². The summed E-state index contributed by atoms with van der Waals surface area (Å²) in [6.07, 6.45) is -9.99. The van der Waals surface area contributed by atoms with E-state index in [0.29, 0.717) is 0 Å². The Morgan fingerprint density at radius 1 is 1.10 bits per heavy atom. The van der Waals surface area contributed by atoms with Crippen LogP contribution in [0.3, 0.4) is 0 Å². The van der Waals surface area contributed by atoms with Crippen LogP contribution in [0, 0.1) is 0 Å². The smallest absolute Gasteiger partial charge is 0.399 e. The van der Waals surface area contributed by atoms with Gasteiger partial charge in [-0.05, 0) is 24.7 Å². The molecule has 0 bridgehead atoms. The number of hydrogen-bond donors (Lipinski definition) is 1. The maximum absolute atomic E-state index is 12.8. The average Bonchev–Trinajstić information content (AvgIpc) is 2.26. The van der Waals surface area contributed by atoms with Gasteiger partial charge in [-0.2, -0.15) is 26.3 Å². The zero-order valence-electron chi connectivity index (χ0n) is 10.6. The third kappa shape index (κ3) is 5.28. The van der Waals surface area contributed by atoms with E-state index in [1.54, 1.807) is 0 Å². The molecule has 0 saturated heterocycles. The molecule has 0 saturated carbocycles. The first-order valence-electron chi connectivity index (χ1n) is 5.70. The van der Waals surface area contributed by atoms with Crippen LogP contribution >= 0.6 is 0 Å². The highest BCUT2D eigenvalue weighted by Gasteiger charge is 2.34. The molecule has 0 unspecified atom stereocenters. The summed E-state index contributed by atoms with van der Waals surface area (Å²) in [4.78, 5) is 1.19. The lowest BCUT2D eigenvalue weighted by Gasteiger charge is -2.20. The van der Waals surface area contributed by atoms with E-state index < -0.39 is 24.3 Å². The molecule has 0 aromatic heterocycles. The largest absolute Gasteiger partial charge is 0.416 e. The van der Waals surface area contributed by atoms with Crippen LogP contribution in [0.2, 0.25) is 0 Å². The Bertz CT molecular complexity index is 452. The topological polar surface area (TPSA) is 29.3 Å². The summed E-state index contributed by atoms with van der Waals surface area (Å²) in [6.45, 7) is -0.601. The summed E-state index contributed by atoms with van der Waals surface area (Å²) in [5.74, 6) is 0. The van der Waals surface area contributed by atoms with Crippen molar-refractivity contribution in [1.82, 2.24) is 4.90 Å². The van der Waals surface area contributed by atoms with Gasteiger partial charge in [-0.15, -0.1) is 0 Å². The predicted molar refractivity (Wildman–Crippen MR) is 62.9 cm³/mol. The Morgan fingerprint density at radius 2 is 1.70 bits per heavy atom. The highest BCUT2D eigenvalue weighted by Crippen LogP contribution is 2.33. The van der Waals surface area contributed by atoms with Crippen LogP contribution in [0.5, 0.6) is 0 Å². The van der Waals surface area contributed by atoms with Crippen molar-refractivity contribution in [3.8, 4) is 0 Å². The van der Waals surface area contributed by atoms with Crippen LogP contribution in [0.1, 0.15) is 17.5 Å². The molecule has 1 rings (SSSR count). The second-order valence-electron chi connectivity index (χ2n) is 4.52. The first kappa shape index (κ1) is 16.6. The zero-order chi connectivity index (χ0) is 15.6. The molecule has 0 aliphatic rings. The molecule has 0 spiro atoms. The molecular weight excluding hydrogens is 286 g/mol. The monoisotopic (exact) mass is 300 g/mol. The van der Waals surface area contributed by atoms with Crippen LogP contribution in [-0.4, -0.2) is 24.7 Å². The quantitative estimate of drug-likeness (QED) is 0.679. The Balaban J connectivity index is 2.82. The molecule has 0 atom stereocenters. The van der Waals surface area contributed by atoms with E-state index in [-0.39, 0.29) is 24.3 Å². The number of nitrogen functional groups attached to an aromatic ring is 1. The number of rotatable bonds is 4. The van der Waals surface area contributed by atoms with Crippen LogP contribution in [0.25, 0.3) is 0 Å². The number of nitrogens with two attached hydrogens (primary N) is 1. The van der Waals surface area contributed by atoms with Crippen LogP contribution in [-0.2, 0) is 12.7 Å². The molecule has 8 heteroatoms. The SMILES string of the molecule is CN(CCC(F)(F)F)Cc1ccc(N)cc1C(F)(F)F. The van der Waals surface area contributed by atoms with Crippen molar-refractivity contribution in [2.45, 2.75) is 25.3 Å². The molecule has 0 radical (unpaired) electrons. The number of anilines is 1. The zero-order valence-corrected chi connectivity index (χ0v) is 10.6. The molecular formula is C12H14F6N2. The Morgan fingerprint density at radius 3 is 2.20 bits per heavy atom. The van der Waals surface area contributed by atoms with Gasteiger partial charge in [-0.25, -0.2) is 0 Å². The standard InChI is InChI=1S/C12H14F6N2/c1-20(5-4-11(13,14)15)7-8-2-3-9(19)6-10(8)12(16,17)18/h2-3,6H,4-5,7,19H2,1H3. The second kappa shape index (κ2) is 5.90. The summed E-state index contributed by atoms with van der Waals surface area (Å²) in [7, 11) is 1.34. The summed E-state index contributed by atoms with van der Waals surface area (Å²) >= 11 is 0. The lowest BCUT2D eigenvalue weighted by molar-refractivity contribution is -0.140. The van der Waals surface area contributed by atoms with Gasteiger partial charge < -0.3 is 10.6 Å². The lowest BCUT2D eigenvalue weighted by atomic mass is 10.1. The van der Waals surface area contributed by atoms with Crippen molar-refractivity contribution in [3.05, 3.63) is 29.3 Å². The molecule has 2 nitrogen and oxygen atoms in total. The Labute approximate surface area is 112 Å². The van der Waals surface area contributed by atoms with Gasteiger partial charge >= 0.3 is 12.4 Å². The van der Waals surface area contributed by atoms with E-state index in [1.165, 1.54) is 24.1 Å². The van der Waals surface area contributed by atoms with Crippen LogP contribution in [0.4, 0.5) is 32.0 Å². The van der Waals surface area contributed by atoms with E-state index in [1.807, 2.05) is 0 Å². The molecule has 0 fully saturated rings. The fourth-order valence-corrected chi connectivity index (χ4v) is 1.68. The van der Waals surface area contributed by atoms with Gasteiger partial charge in [-0.1, -0.05) is 6.07 Å². The number of halogens is 6. The number of alkyl halides is 6. The lowest BCUT2D eigenvalue weighted by Crippen LogP contribution is -2.25. The molecule has 1 aromatic rings. The van der Waals surface area contributed by atoms with E-state index in [2.05, 4.69) is 0 Å². The minimum atomic E-state index is -4.59. The number of benzene rings is 1. The van der Waals surface area contributed by atoms with Crippen molar-refractivity contribution in [1.29, 1.82) is 0 Å². The van der Waals surface area contributed by atoms with Gasteiger partial charge in [-0.3, -0.25) is 0 Å². The van der Waals surface area contributed by atoms with Gasteiger partial charge in [0.1, 0.15) is 0 Å². The minimum absolute atomic E-state index is 0.0426. The summed E-state index contributed by atoms with van der Waals surface area (Å²) < 4.78 is 74.6. The minimum Gasteiger partial charge on any atom is -0.399 e. The highest BCUT2D eigenvalue weighted by molar-refractivity contribution is 5.46. The molecule has 0 amide bonds. The maximum Gasteiger partial charge on any atom is 0.416 e. The van der Waals surface area contributed by atoms with Crippen molar-refractivity contribution < 1.29 is 26.3 Å². The van der Waals surface area contributed by atoms with Crippen molar-refractivity contribution >= 4 is 5.69 Å². The van der Waals surface area contributed by atoms with E-state index in [0.717, 1.165) is 6.07 Å². The molecule has 0 aliphatic heterocycles. The first-order valence-corrected chi connectivity index (χ1v) is 5.70. The number of nitrogens with zero attached hydrogens (tertiary/aromatic N) is 1. The van der Waals surface area contributed by atoms with Gasteiger partial charge in [0.25, 0.3) is 0 Å². The molecule has 0 heterocycles. The average molecular weight is 300 g/mol. The first-order chi connectivity index (χ1) is 8.99. The van der Waals surface area contributed by atoms with Crippen molar-refractivity contribution in [2.75, 3.05) is 19.3 Å². The van der Waals surface area contributed by atoms with E-state index in [4.69, 9.17) is 5.73 Å². The molecule has 20 heavy (non-hydrogen) atoms. The van der Waals surface area contributed by atoms with Crippen LogP contribution < -0.4 is 5.73 Å². The van der Waals surface area contributed by atoms with Gasteiger partial charge in [0.15, 0.2) is 0 Å². The fourth-order valence-electron chi connectivity index (χ4n) is 1.68. The van der Waals surface area contributed by atoms with Gasteiger partial charge in [0, 0.05) is 18.8 Å². The van der Waals surface area contributed by atoms with Gasteiger partial charge in [0.2, 0.25) is 0 Å². The predicted octanol–water partition coefficient (Wildman–Crippen LogP) is 3.67. The third-order valence-electron chi connectivity index (χ3n) is 2.66. The van der Waals surface area contributed by atoms with Crippen molar-refractivity contribution in [2.24, 2.45) is 0 Å². The fraction of sp³-hybridized carbons (Fsp3) is 0.500. The molecule has 2 N–H and O–H groups in total. The summed E-state index contributed by atoms with van der Waals surface area (Å²) in [5, 5.41) is 0. The number of hydrogen-bond acceptors (Lipinski definition) is 2. The molecule has 0 aliphatic carbocycles. The van der Waals surface area contributed by atoms with Crippen LogP contribution in [0.15, 0.2) is 18.2 Å². The highest BCUT2D eigenvalue weighted by atomic mass is 19.4. The van der Waals surface area contributed by atoms with Gasteiger partial charge in [0.05, 0.1) is 12.0 Å². The second-order valence-corrected chi connectivity index (χ2v) is 4.52. The molecule has 114 valence electrons. The Kier molecular flexibility index (Phi) is 4.90. The summed E-state index contributed by atoms with van der Waals surface area (Å²) in [6, 6.07) is 3.26.